The number of hydrogen-bond donors (Lipinski definition) is 0. The minimum Gasteiger partial charge on any atom is -0.465 e. The zero-order valence-electron chi connectivity index (χ0n) is 11.9. The molecule has 0 saturated carbocycles. The molecule has 2 rings (SSSR count). The number of fused-ring (bicyclic) bond motifs is 1. The van der Waals surface area contributed by atoms with E-state index in [0.29, 0.717) is 35.5 Å². The van der Waals surface area contributed by atoms with E-state index < -0.39 is 0 Å². The van der Waals surface area contributed by atoms with Crippen LogP contribution in [0.3, 0.4) is 0 Å². The molecule has 0 unspecified atom stereocenters. The molecule has 4 heteroatoms. The van der Waals surface area contributed by atoms with Crippen LogP contribution < -0.4 is 10.2 Å². The molecule has 20 heavy (non-hydrogen) atoms. The summed E-state index contributed by atoms with van der Waals surface area (Å²) in [5.41, 5.74) is 1.32. The van der Waals surface area contributed by atoms with Gasteiger partial charge in [-0.2, -0.15) is 0 Å². The van der Waals surface area contributed by atoms with E-state index in [0.717, 1.165) is 22.8 Å². The standard InChI is InChI=1S/C16H19IO3/c1-3-5-10-19-16-11(7-4-2)15(18)14-12(17)8-6-9-13(14)20-16/h6,8-9H,3-5,7,10H2,1-2H3. The molecule has 1 aromatic heterocycles. The Morgan fingerprint density at radius 1 is 1.25 bits per heavy atom. The predicted octanol–water partition coefficient (Wildman–Crippen LogP) is 4.53. The van der Waals surface area contributed by atoms with E-state index in [1.165, 1.54) is 0 Å². The van der Waals surface area contributed by atoms with Crippen LogP contribution in [0.15, 0.2) is 27.4 Å². The summed E-state index contributed by atoms with van der Waals surface area (Å²) in [5, 5.41) is 0.666. The SMILES string of the molecule is CCCCOc1oc2cccc(I)c2c(=O)c1CCC. The summed E-state index contributed by atoms with van der Waals surface area (Å²) in [7, 11) is 0. The Kier molecular flexibility index (Phi) is 5.46. The highest BCUT2D eigenvalue weighted by molar-refractivity contribution is 14.1. The number of unbranched alkanes of at least 4 members (excludes halogenated alkanes) is 1. The van der Waals surface area contributed by atoms with Crippen molar-refractivity contribution in [1.82, 2.24) is 0 Å². The van der Waals surface area contributed by atoms with Crippen LogP contribution in [-0.2, 0) is 6.42 Å². The van der Waals surface area contributed by atoms with Crippen LogP contribution >= 0.6 is 22.6 Å². The van der Waals surface area contributed by atoms with Gasteiger partial charge in [-0.05, 0) is 47.6 Å². The molecule has 108 valence electrons. The van der Waals surface area contributed by atoms with Crippen LogP contribution in [0.2, 0.25) is 0 Å². The van der Waals surface area contributed by atoms with Gasteiger partial charge < -0.3 is 9.15 Å². The minimum atomic E-state index is 0.0459. The lowest BCUT2D eigenvalue weighted by atomic mass is 10.1. The molecule has 3 nitrogen and oxygen atoms in total. The maximum Gasteiger partial charge on any atom is 0.292 e. The van der Waals surface area contributed by atoms with Gasteiger partial charge in [0.05, 0.1) is 17.6 Å². The van der Waals surface area contributed by atoms with Crippen LogP contribution in [0, 0.1) is 3.57 Å². The quantitative estimate of drug-likeness (QED) is 0.541. The third-order valence-corrected chi connectivity index (χ3v) is 4.06. The van der Waals surface area contributed by atoms with Gasteiger partial charge in [-0.3, -0.25) is 4.79 Å². The molecule has 0 aliphatic carbocycles. The first kappa shape index (κ1) is 15.4. The Morgan fingerprint density at radius 2 is 2.05 bits per heavy atom. The molecule has 0 radical (unpaired) electrons. The zero-order valence-corrected chi connectivity index (χ0v) is 14.0. The van der Waals surface area contributed by atoms with Gasteiger partial charge in [-0.25, -0.2) is 0 Å². The second-order valence-corrected chi connectivity index (χ2v) is 5.92. The van der Waals surface area contributed by atoms with Gasteiger partial charge in [-0.1, -0.05) is 32.8 Å². The topological polar surface area (TPSA) is 39.4 Å². The van der Waals surface area contributed by atoms with E-state index in [2.05, 4.69) is 36.4 Å². The summed E-state index contributed by atoms with van der Waals surface area (Å²) in [5.74, 6) is 0.403. The van der Waals surface area contributed by atoms with Gasteiger partial charge >= 0.3 is 0 Å². The highest BCUT2D eigenvalue weighted by Gasteiger charge is 2.16. The molecule has 1 aromatic carbocycles. The van der Waals surface area contributed by atoms with Gasteiger partial charge in [0, 0.05) is 3.57 Å². The molecule has 0 saturated heterocycles. The normalized spacial score (nSPS) is 10.9. The molecule has 0 amide bonds. The van der Waals surface area contributed by atoms with Gasteiger partial charge in [-0.15, -0.1) is 0 Å². The summed E-state index contributed by atoms with van der Waals surface area (Å²) in [6.07, 6.45) is 3.59. The maximum atomic E-state index is 12.6. The fourth-order valence-corrected chi connectivity index (χ4v) is 2.82. The number of ether oxygens (including phenoxy) is 1. The molecule has 0 spiro atoms. The summed E-state index contributed by atoms with van der Waals surface area (Å²) < 4.78 is 12.4. The second-order valence-electron chi connectivity index (χ2n) is 4.76. The predicted molar refractivity (Wildman–Crippen MR) is 89.6 cm³/mol. The Labute approximate surface area is 132 Å². The molecule has 1 heterocycles. The number of halogens is 1. The molecular formula is C16H19IO3. The van der Waals surface area contributed by atoms with Crippen LogP contribution in [0.4, 0.5) is 0 Å². The Hall–Kier alpha value is -1.04. The summed E-state index contributed by atoms with van der Waals surface area (Å²) in [6.45, 7) is 4.75. The Morgan fingerprint density at radius 3 is 2.75 bits per heavy atom. The van der Waals surface area contributed by atoms with Crippen molar-refractivity contribution in [3.05, 3.63) is 37.6 Å². The molecule has 0 aliphatic rings. The van der Waals surface area contributed by atoms with Crippen LogP contribution in [-0.4, -0.2) is 6.61 Å². The first-order valence-electron chi connectivity index (χ1n) is 7.06. The molecule has 0 bridgehead atoms. The molecule has 0 aliphatic heterocycles. The van der Waals surface area contributed by atoms with E-state index in [9.17, 15) is 4.79 Å². The van der Waals surface area contributed by atoms with Crippen molar-refractivity contribution in [3.63, 3.8) is 0 Å². The monoisotopic (exact) mass is 386 g/mol. The average molecular weight is 386 g/mol. The van der Waals surface area contributed by atoms with E-state index in [1.54, 1.807) is 0 Å². The lowest BCUT2D eigenvalue weighted by Gasteiger charge is -2.10. The van der Waals surface area contributed by atoms with E-state index in [1.807, 2.05) is 18.2 Å². The van der Waals surface area contributed by atoms with Crippen molar-refractivity contribution >= 4 is 33.6 Å². The fraction of sp³-hybridized carbons (Fsp3) is 0.438. The third-order valence-electron chi connectivity index (χ3n) is 3.16. The van der Waals surface area contributed by atoms with Crippen molar-refractivity contribution in [1.29, 1.82) is 0 Å². The largest absolute Gasteiger partial charge is 0.465 e. The van der Waals surface area contributed by atoms with Crippen LogP contribution in [0.25, 0.3) is 11.0 Å². The maximum absolute atomic E-state index is 12.6. The smallest absolute Gasteiger partial charge is 0.292 e. The fourth-order valence-electron chi connectivity index (χ4n) is 2.11. The second kappa shape index (κ2) is 7.11. The number of rotatable bonds is 6. The Balaban J connectivity index is 2.55. The van der Waals surface area contributed by atoms with Crippen LogP contribution in [0.1, 0.15) is 38.7 Å². The Bertz CT molecular complexity index is 646. The van der Waals surface area contributed by atoms with Crippen molar-refractivity contribution in [2.45, 2.75) is 39.5 Å². The van der Waals surface area contributed by atoms with E-state index in [-0.39, 0.29) is 5.43 Å². The van der Waals surface area contributed by atoms with E-state index >= 15 is 0 Å². The zero-order chi connectivity index (χ0) is 14.5. The molecule has 0 N–H and O–H groups in total. The van der Waals surface area contributed by atoms with E-state index in [4.69, 9.17) is 9.15 Å². The summed E-state index contributed by atoms with van der Waals surface area (Å²) in [4.78, 5) is 12.6. The first-order valence-corrected chi connectivity index (χ1v) is 8.13. The van der Waals surface area contributed by atoms with Gasteiger partial charge in [0.2, 0.25) is 5.43 Å². The van der Waals surface area contributed by atoms with Gasteiger partial charge in [0.25, 0.3) is 5.95 Å². The van der Waals surface area contributed by atoms with Crippen LogP contribution in [0.5, 0.6) is 5.95 Å². The van der Waals surface area contributed by atoms with Gasteiger partial charge in [0.1, 0.15) is 5.58 Å². The van der Waals surface area contributed by atoms with Crippen molar-refractivity contribution in [2.24, 2.45) is 0 Å². The molecule has 0 fully saturated rings. The molecular weight excluding hydrogens is 367 g/mol. The highest BCUT2D eigenvalue weighted by atomic mass is 127. The highest BCUT2D eigenvalue weighted by Crippen LogP contribution is 2.26. The average Bonchev–Trinajstić information content (AvgIpc) is 2.43. The third kappa shape index (κ3) is 3.16. The summed E-state index contributed by atoms with van der Waals surface area (Å²) in [6, 6.07) is 5.64. The lowest BCUT2D eigenvalue weighted by Crippen LogP contribution is -2.13. The van der Waals surface area contributed by atoms with Crippen molar-refractivity contribution in [3.8, 4) is 5.95 Å². The number of benzene rings is 1. The van der Waals surface area contributed by atoms with Crippen molar-refractivity contribution in [2.75, 3.05) is 6.61 Å². The van der Waals surface area contributed by atoms with Gasteiger partial charge in [0.15, 0.2) is 0 Å². The molecule has 2 aromatic rings. The van der Waals surface area contributed by atoms with Crippen molar-refractivity contribution < 1.29 is 9.15 Å². The summed E-state index contributed by atoms with van der Waals surface area (Å²) >= 11 is 2.17. The number of hydrogen-bond acceptors (Lipinski definition) is 3. The first-order chi connectivity index (χ1) is 9.69. The molecule has 0 atom stereocenters. The lowest BCUT2D eigenvalue weighted by molar-refractivity contribution is 0.237. The minimum absolute atomic E-state index is 0.0459.